The van der Waals surface area contributed by atoms with Crippen molar-refractivity contribution >= 4 is 0 Å². The molecule has 0 heterocycles. The van der Waals surface area contributed by atoms with E-state index in [1.165, 1.54) is 22.8 Å². The molecule has 0 aliphatic heterocycles. The zero-order valence-electron chi connectivity index (χ0n) is 12.6. The van der Waals surface area contributed by atoms with Crippen molar-refractivity contribution < 1.29 is 4.39 Å². The third-order valence-corrected chi connectivity index (χ3v) is 3.88. The fourth-order valence-electron chi connectivity index (χ4n) is 2.38. The number of hydrogen-bond donors (Lipinski definition) is 1. The van der Waals surface area contributed by atoms with Gasteiger partial charge in [-0.05, 0) is 62.1 Å². The molecule has 1 N–H and O–H groups in total. The van der Waals surface area contributed by atoms with Gasteiger partial charge in [0.1, 0.15) is 5.82 Å². The molecule has 0 saturated carbocycles. The minimum atomic E-state index is -0.185. The minimum Gasteiger partial charge on any atom is -0.304 e. The summed E-state index contributed by atoms with van der Waals surface area (Å²) < 4.78 is 13.3. The molecular weight excluding hydrogens is 249 g/mol. The first-order chi connectivity index (χ1) is 9.47. The molecule has 2 atom stereocenters. The van der Waals surface area contributed by atoms with Crippen LogP contribution in [-0.4, -0.2) is 0 Å². The van der Waals surface area contributed by atoms with Crippen molar-refractivity contribution in [3.8, 4) is 0 Å². The van der Waals surface area contributed by atoms with Gasteiger partial charge in [-0.1, -0.05) is 30.3 Å². The van der Waals surface area contributed by atoms with E-state index in [-0.39, 0.29) is 17.9 Å². The second-order valence-corrected chi connectivity index (χ2v) is 5.51. The van der Waals surface area contributed by atoms with Crippen LogP contribution in [0.3, 0.4) is 0 Å². The summed E-state index contributed by atoms with van der Waals surface area (Å²) in [6.07, 6.45) is 0. The Morgan fingerprint density at radius 2 is 1.50 bits per heavy atom. The Hall–Kier alpha value is -1.67. The monoisotopic (exact) mass is 271 g/mol. The maximum atomic E-state index is 13.3. The van der Waals surface area contributed by atoms with Crippen molar-refractivity contribution in [2.24, 2.45) is 0 Å². The van der Waals surface area contributed by atoms with Crippen LogP contribution in [0.1, 0.15) is 48.2 Å². The van der Waals surface area contributed by atoms with Gasteiger partial charge in [0, 0.05) is 12.1 Å². The molecule has 0 aliphatic carbocycles. The number of benzene rings is 2. The Bertz CT molecular complexity index is 592. The van der Waals surface area contributed by atoms with Gasteiger partial charge in [-0.25, -0.2) is 4.39 Å². The summed E-state index contributed by atoms with van der Waals surface area (Å²) in [4.78, 5) is 0. The first-order valence-electron chi connectivity index (χ1n) is 7.06. The Labute approximate surface area is 120 Å². The molecule has 0 amide bonds. The van der Waals surface area contributed by atoms with Gasteiger partial charge < -0.3 is 5.32 Å². The zero-order chi connectivity index (χ0) is 14.7. The highest BCUT2D eigenvalue weighted by molar-refractivity contribution is 5.31. The molecule has 2 aromatic carbocycles. The molecule has 106 valence electrons. The molecule has 20 heavy (non-hydrogen) atoms. The number of nitrogens with one attached hydrogen (secondary N) is 1. The van der Waals surface area contributed by atoms with Crippen LogP contribution in [0.15, 0.2) is 42.5 Å². The molecule has 0 aromatic heterocycles. The molecule has 2 rings (SSSR count). The van der Waals surface area contributed by atoms with E-state index >= 15 is 0 Å². The van der Waals surface area contributed by atoms with E-state index in [1.54, 1.807) is 12.1 Å². The van der Waals surface area contributed by atoms with Gasteiger partial charge in [0.15, 0.2) is 0 Å². The maximum Gasteiger partial charge on any atom is 0.123 e. The zero-order valence-corrected chi connectivity index (χ0v) is 12.6. The van der Waals surface area contributed by atoms with Crippen LogP contribution in [0, 0.1) is 19.7 Å². The Morgan fingerprint density at radius 1 is 0.850 bits per heavy atom. The summed E-state index contributed by atoms with van der Waals surface area (Å²) >= 11 is 0. The molecular formula is C18H22FN. The Balaban J connectivity index is 2.10. The minimum absolute atomic E-state index is 0.113. The van der Waals surface area contributed by atoms with Crippen LogP contribution >= 0.6 is 0 Å². The summed E-state index contributed by atoms with van der Waals surface area (Å²) in [5.74, 6) is -0.185. The van der Waals surface area contributed by atoms with E-state index in [1.807, 2.05) is 6.07 Å². The fraction of sp³-hybridized carbons (Fsp3) is 0.333. The van der Waals surface area contributed by atoms with Gasteiger partial charge in [-0.3, -0.25) is 0 Å². The maximum absolute atomic E-state index is 13.3. The van der Waals surface area contributed by atoms with Crippen molar-refractivity contribution in [1.82, 2.24) is 5.32 Å². The van der Waals surface area contributed by atoms with E-state index in [4.69, 9.17) is 0 Å². The van der Waals surface area contributed by atoms with Crippen LogP contribution in [0.5, 0.6) is 0 Å². The Morgan fingerprint density at radius 3 is 2.10 bits per heavy atom. The molecule has 0 bridgehead atoms. The number of halogens is 1. The van der Waals surface area contributed by atoms with E-state index < -0.39 is 0 Å². The predicted molar refractivity (Wildman–Crippen MR) is 82.3 cm³/mol. The highest BCUT2D eigenvalue weighted by Crippen LogP contribution is 2.21. The standard InChI is InChI=1S/C18H22FN/c1-12-8-9-17(10-13(12)2)15(4)20-14(3)16-6-5-7-18(19)11-16/h5-11,14-15,20H,1-4H3/t14-,15?/m0/s1. The van der Waals surface area contributed by atoms with Gasteiger partial charge in [0.05, 0.1) is 0 Å². The highest BCUT2D eigenvalue weighted by atomic mass is 19.1. The highest BCUT2D eigenvalue weighted by Gasteiger charge is 2.12. The van der Waals surface area contributed by atoms with Crippen LogP contribution in [0.2, 0.25) is 0 Å². The first-order valence-corrected chi connectivity index (χ1v) is 7.06. The van der Waals surface area contributed by atoms with Crippen molar-refractivity contribution in [2.75, 3.05) is 0 Å². The molecule has 0 fully saturated rings. The molecule has 0 radical (unpaired) electrons. The summed E-state index contributed by atoms with van der Waals surface area (Å²) in [7, 11) is 0. The van der Waals surface area contributed by atoms with Crippen LogP contribution < -0.4 is 5.32 Å². The van der Waals surface area contributed by atoms with Gasteiger partial charge >= 0.3 is 0 Å². The van der Waals surface area contributed by atoms with Crippen molar-refractivity contribution in [1.29, 1.82) is 0 Å². The number of hydrogen-bond acceptors (Lipinski definition) is 1. The second kappa shape index (κ2) is 6.19. The first kappa shape index (κ1) is 14.7. The molecule has 2 aromatic rings. The fourth-order valence-corrected chi connectivity index (χ4v) is 2.38. The van der Waals surface area contributed by atoms with Crippen LogP contribution in [0.25, 0.3) is 0 Å². The normalized spacial score (nSPS) is 14.1. The van der Waals surface area contributed by atoms with E-state index in [0.29, 0.717) is 0 Å². The van der Waals surface area contributed by atoms with Crippen LogP contribution in [0.4, 0.5) is 4.39 Å². The quantitative estimate of drug-likeness (QED) is 0.837. The van der Waals surface area contributed by atoms with Gasteiger partial charge in [-0.15, -0.1) is 0 Å². The molecule has 0 aliphatic rings. The topological polar surface area (TPSA) is 12.0 Å². The number of rotatable bonds is 4. The van der Waals surface area contributed by atoms with Gasteiger partial charge in [0.2, 0.25) is 0 Å². The predicted octanol–water partition coefficient (Wildman–Crippen LogP) is 4.85. The van der Waals surface area contributed by atoms with Crippen molar-refractivity contribution in [3.05, 3.63) is 70.5 Å². The third kappa shape index (κ3) is 3.45. The van der Waals surface area contributed by atoms with E-state index in [0.717, 1.165) is 5.56 Å². The smallest absolute Gasteiger partial charge is 0.123 e. The lowest BCUT2D eigenvalue weighted by atomic mass is 10.0. The average molecular weight is 271 g/mol. The molecule has 1 unspecified atom stereocenters. The SMILES string of the molecule is Cc1ccc(C(C)N[C@@H](C)c2cccc(F)c2)cc1C. The average Bonchev–Trinajstić information content (AvgIpc) is 2.41. The summed E-state index contributed by atoms with van der Waals surface area (Å²) in [5.41, 5.74) is 4.84. The summed E-state index contributed by atoms with van der Waals surface area (Å²) in [6.45, 7) is 8.44. The summed E-state index contributed by atoms with van der Waals surface area (Å²) in [5, 5.41) is 3.52. The largest absolute Gasteiger partial charge is 0.304 e. The summed E-state index contributed by atoms with van der Waals surface area (Å²) in [6, 6.07) is 13.6. The van der Waals surface area contributed by atoms with E-state index in [2.05, 4.69) is 51.2 Å². The van der Waals surface area contributed by atoms with Gasteiger partial charge in [0.25, 0.3) is 0 Å². The molecule has 2 heteroatoms. The van der Waals surface area contributed by atoms with Gasteiger partial charge in [-0.2, -0.15) is 0 Å². The van der Waals surface area contributed by atoms with Crippen molar-refractivity contribution in [2.45, 2.75) is 39.8 Å². The third-order valence-electron chi connectivity index (χ3n) is 3.88. The lowest BCUT2D eigenvalue weighted by molar-refractivity contribution is 0.491. The van der Waals surface area contributed by atoms with Crippen LogP contribution in [-0.2, 0) is 0 Å². The number of aryl methyl sites for hydroxylation is 2. The van der Waals surface area contributed by atoms with E-state index in [9.17, 15) is 4.39 Å². The molecule has 1 nitrogen and oxygen atoms in total. The Kier molecular flexibility index (Phi) is 4.56. The lowest BCUT2D eigenvalue weighted by Crippen LogP contribution is -2.22. The lowest BCUT2D eigenvalue weighted by Gasteiger charge is -2.21. The molecule has 0 spiro atoms. The molecule has 0 saturated heterocycles. The second-order valence-electron chi connectivity index (χ2n) is 5.51. The van der Waals surface area contributed by atoms with Crippen molar-refractivity contribution in [3.63, 3.8) is 0 Å².